The number of H-pyrrole nitrogens is 1. The highest BCUT2D eigenvalue weighted by atomic mass is 32.2. The molecule has 0 radical (unpaired) electrons. The summed E-state index contributed by atoms with van der Waals surface area (Å²) in [4.78, 5) is 39.5. The van der Waals surface area contributed by atoms with E-state index in [9.17, 15) is 22.8 Å². The zero-order chi connectivity index (χ0) is 35.9. The van der Waals surface area contributed by atoms with Crippen LogP contribution in [0.5, 0.6) is 0 Å². The number of primary sulfonamides is 1. The third-order valence-corrected chi connectivity index (χ3v) is 9.65. The molecule has 5 N–H and O–H groups in total. The number of rotatable bonds is 12. The van der Waals surface area contributed by atoms with Crippen molar-refractivity contribution in [2.75, 3.05) is 11.9 Å². The van der Waals surface area contributed by atoms with Crippen molar-refractivity contribution in [2.24, 2.45) is 22.9 Å². The van der Waals surface area contributed by atoms with Crippen LogP contribution in [-0.2, 0) is 30.8 Å². The van der Waals surface area contributed by atoms with Crippen molar-refractivity contribution in [1.82, 2.24) is 25.9 Å². The quantitative estimate of drug-likeness (QED) is 0.152. The van der Waals surface area contributed by atoms with E-state index in [1.54, 1.807) is 36.4 Å². The largest absolute Gasteiger partial charge is 0.444 e. The molecule has 1 heterocycles. The Morgan fingerprint density at radius 3 is 2.24 bits per heavy atom. The number of alkyl carbamates (subject to hydrolysis) is 1. The summed E-state index contributed by atoms with van der Waals surface area (Å²) in [6.45, 7) is 5.95. The fraction of sp³-hybridized carbons (Fsp3) is 0.389. The molecule has 5 rings (SSSR count). The Labute approximate surface area is 291 Å². The zero-order valence-electron chi connectivity index (χ0n) is 28.4. The van der Waals surface area contributed by atoms with E-state index in [0.717, 1.165) is 29.5 Å². The van der Waals surface area contributed by atoms with Crippen molar-refractivity contribution in [3.63, 3.8) is 0 Å². The lowest BCUT2D eigenvalue weighted by Crippen LogP contribution is -2.37. The Hall–Kier alpha value is -4.95. The molecule has 4 aromatic rings. The van der Waals surface area contributed by atoms with Crippen molar-refractivity contribution in [2.45, 2.75) is 69.8 Å². The maximum absolute atomic E-state index is 13.7. The number of hydrogen-bond acceptors (Lipinski definition) is 9. The van der Waals surface area contributed by atoms with Crippen LogP contribution in [0.15, 0.2) is 77.7 Å². The van der Waals surface area contributed by atoms with Crippen LogP contribution in [-0.4, -0.2) is 59.0 Å². The molecule has 1 fully saturated rings. The Morgan fingerprint density at radius 2 is 1.62 bits per heavy atom. The number of anilines is 1. The molecule has 0 saturated heterocycles. The number of amides is 2. The third-order valence-electron chi connectivity index (χ3n) is 8.74. The number of aromatic amines is 1. The van der Waals surface area contributed by atoms with Crippen molar-refractivity contribution in [1.29, 1.82) is 0 Å². The SMILES string of the molecule is CC(C)(C)OC(=O)NCC1CCC(C(=O)C[C@@H](Cc2ccc(-c3cccc(S(N)(=O)=O)c3)cc2)C(=O)Nc2ccc(-c3nn[nH]n3)cc2)CC1. The van der Waals surface area contributed by atoms with E-state index < -0.39 is 27.6 Å². The Balaban J connectivity index is 1.25. The van der Waals surface area contributed by atoms with Crippen LogP contribution in [0.1, 0.15) is 58.4 Å². The van der Waals surface area contributed by atoms with E-state index in [1.807, 2.05) is 45.0 Å². The summed E-state index contributed by atoms with van der Waals surface area (Å²) in [6.07, 6.45) is 2.93. The average molecular weight is 702 g/mol. The lowest BCUT2D eigenvalue weighted by molar-refractivity contribution is -0.129. The fourth-order valence-corrected chi connectivity index (χ4v) is 6.66. The highest BCUT2D eigenvalue weighted by Gasteiger charge is 2.31. The number of sulfonamides is 1. The summed E-state index contributed by atoms with van der Waals surface area (Å²) < 4.78 is 29.0. The summed E-state index contributed by atoms with van der Waals surface area (Å²) in [7, 11) is -3.85. The van der Waals surface area contributed by atoms with Gasteiger partial charge in [0.15, 0.2) is 0 Å². The van der Waals surface area contributed by atoms with E-state index in [2.05, 4.69) is 31.3 Å². The number of carbonyl (C=O) groups excluding carboxylic acids is 3. The number of aromatic nitrogens is 4. The normalized spacial score (nSPS) is 17.0. The van der Waals surface area contributed by atoms with Crippen molar-refractivity contribution in [3.05, 3.63) is 78.4 Å². The van der Waals surface area contributed by atoms with Crippen LogP contribution in [0.2, 0.25) is 0 Å². The Morgan fingerprint density at radius 1 is 0.940 bits per heavy atom. The molecule has 0 spiro atoms. The summed E-state index contributed by atoms with van der Waals surface area (Å²) in [5.74, 6) is -0.335. The smallest absolute Gasteiger partial charge is 0.407 e. The minimum absolute atomic E-state index is 0.0213. The number of benzene rings is 3. The third kappa shape index (κ3) is 10.3. The van der Waals surface area contributed by atoms with Crippen molar-refractivity contribution < 1.29 is 27.5 Å². The first-order chi connectivity index (χ1) is 23.7. The van der Waals surface area contributed by atoms with Crippen LogP contribution < -0.4 is 15.8 Å². The summed E-state index contributed by atoms with van der Waals surface area (Å²) in [6, 6.07) is 20.9. The summed E-state index contributed by atoms with van der Waals surface area (Å²) in [5, 5.41) is 25.1. The number of tetrazole rings is 1. The number of nitrogens with zero attached hydrogens (tertiary/aromatic N) is 3. The fourth-order valence-electron chi connectivity index (χ4n) is 6.10. The second-order valence-electron chi connectivity index (χ2n) is 13.7. The van der Waals surface area contributed by atoms with Crippen molar-refractivity contribution >= 4 is 33.5 Å². The number of ether oxygens (including phenoxy) is 1. The molecular weight excluding hydrogens is 659 g/mol. The molecular formula is C36H43N7O6S. The maximum atomic E-state index is 13.7. The van der Waals surface area contributed by atoms with Crippen LogP contribution >= 0.6 is 0 Å². The monoisotopic (exact) mass is 701 g/mol. The van der Waals surface area contributed by atoms with Gasteiger partial charge in [-0.15, -0.1) is 10.2 Å². The van der Waals surface area contributed by atoms with Gasteiger partial charge in [-0.3, -0.25) is 9.59 Å². The van der Waals surface area contributed by atoms with Crippen molar-refractivity contribution in [3.8, 4) is 22.5 Å². The van der Waals surface area contributed by atoms with Crippen LogP contribution in [0.25, 0.3) is 22.5 Å². The van der Waals surface area contributed by atoms with Crippen LogP contribution in [0, 0.1) is 17.8 Å². The molecule has 1 aliphatic carbocycles. The predicted octanol–water partition coefficient (Wildman–Crippen LogP) is 5.27. The van der Waals surface area contributed by atoms with Gasteiger partial charge >= 0.3 is 6.09 Å². The molecule has 0 bridgehead atoms. The lowest BCUT2D eigenvalue weighted by atomic mass is 9.77. The van der Waals surface area contributed by atoms with Gasteiger partial charge in [0.1, 0.15) is 11.4 Å². The van der Waals surface area contributed by atoms with Gasteiger partial charge in [-0.05, 0) is 117 Å². The van der Waals surface area contributed by atoms with Gasteiger partial charge < -0.3 is 15.4 Å². The summed E-state index contributed by atoms with van der Waals surface area (Å²) >= 11 is 0. The van der Waals surface area contributed by atoms with Gasteiger partial charge in [0.25, 0.3) is 0 Å². The molecule has 1 atom stereocenters. The topological polar surface area (TPSA) is 199 Å². The molecule has 1 aromatic heterocycles. The second kappa shape index (κ2) is 15.7. The minimum atomic E-state index is -3.85. The Kier molecular flexibility index (Phi) is 11.4. The number of nitrogens with one attached hydrogen (secondary N) is 3. The standard InChI is InChI=1S/C36H43N7O6S/c1-36(2,3)49-35(46)38-22-24-9-13-26(14-10-24)32(44)21-29(34(45)39-30-17-15-27(16-18-30)33-40-42-43-41-33)19-23-7-11-25(12-8-23)28-5-4-6-31(20-28)50(37,47)48/h4-8,11-12,15-18,20,24,26,29H,9-10,13-14,19,21-22H2,1-3H3,(H,38,46)(H,39,45)(H2,37,47,48)(H,40,41,42,43)/t24?,26?,29-/m1/s1. The molecule has 14 heteroatoms. The number of ketones is 1. The van der Waals surface area contributed by atoms with Gasteiger partial charge in [0, 0.05) is 36.1 Å². The first kappa shape index (κ1) is 36.3. The van der Waals surface area contributed by atoms with Gasteiger partial charge in [-0.2, -0.15) is 5.21 Å². The zero-order valence-corrected chi connectivity index (χ0v) is 29.2. The molecule has 0 unspecified atom stereocenters. The van der Waals surface area contributed by atoms with Gasteiger partial charge in [0.2, 0.25) is 21.8 Å². The van der Waals surface area contributed by atoms with E-state index in [-0.39, 0.29) is 34.8 Å². The highest BCUT2D eigenvalue weighted by molar-refractivity contribution is 7.89. The first-order valence-corrected chi connectivity index (χ1v) is 18.1. The van der Waals surface area contributed by atoms with Gasteiger partial charge in [0.05, 0.1) is 4.90 Å². The highest BCUT2D eigenvalue weighted by Crippen LogP contribution is 2.32. The molecule has 0 aliphatic heterocycles. The molecule has 13 nitrogen and oxygen atoms in total. The van der Waals surface area contributed by atoms with E-state index in [1.165, 1.54) is 12.1 Å². The molecule has 264 valence electrons. The van der Waals surface area contributed by atoms with Crippen LogP contribution in [0.3, 0.4) is 0 Å². The predicted molar refractivity (Wildman–Crippen MR) is 188 cm³/mol. The van der Waals surface area contributed by atoms with Gasteiger partial charge in [-0.25, -0.2) is 18.4 Å². The van der Waals surface area contributed by atoms with E-state index in [0.29, 0.717) is 42.9 Å². The van der Waals surface area contributed by atoms with E-state index >= 15 is 0 Å². The molecule has 2 amide bonds. The summed E-state index contributed by atoms with van der Waals surface area (Å²) in [5.41, 5.74) is 3.07. The molecule has 50 heavy (non-hydrogen) atoms. The average Bonchev–Trinajstić information content (AvgIpc) is 3.62. The lowest BCUT2D eigenvalue weighted by Gasteiger charge is -2.29. The van der Waals surface area contributed by atoms with Gasteiger partial charge in [-0.1, -0.05) is 36.4 Å². The van der Waals surface area contributed by atoms with E-state index in [4.69, 9.17) is 9.88 Å². The number of hydrogen-bond donors (Lipinski definition) is 4. The molecule has 1 aliphatic rings. The number of Topliss-reactive ketones (excluding diaryl/α,β-unsaturated/α-hetero) is 1. The molecule has 3 aromatic carbocycles. The molecule has 1 saturated carbocycles. The maximum Gasteiger partial charge on any atom is 0.407 e. The number of carbonyl (C=O) groups is 3. The Bertz CT molecular complexity index is 1880. The second-order valence-corrected chi connectivity index (χ2v) is 15.3. The number of nitrogens with two attached hydrogens (primary N) is 1. The minimum Gasteiger partial charge on any atom is -0.444 e. The first-order valence-electron chi connectivity index (χ1n) is 16.6. The van der Waals surface area contributed by atoms with Crippen LogP contribution in [0.4, 0.5) is 10.5 Å².